The van der Waals surface area contributed by atoms with Gasteiger partial charge >= 0.3 is 6.36 Å². The van der Waals surface area contributed by atoms with E-state index in [2.05, 4.69) is 19.8 Å². The van der Waals surface area contributed by atoms with Crippen molar-refractivity contribution in [2.45, 2.75) is 25.7 Å². The summed E-state index contributed by atoms with van der Waals surface area (Å²) < 4.78 is 46.9. The molecule has 0 aliphatic carbocycles. The monoisotopic (exact) mass is 300 g/mol. The van der Waals surface area contributed by atoms with E-state index in [4.69, 9.17) is 10.3 Å². The maximum atomic E-state index is 12.5. The second-order valence-corrected chi connectivity index (χ2v) is 4.91. The molecule has 1 aromatic rings. The fourth-order valence-electron chi connectivity index (χ4n) is 1.77. The first-order valence-electron chi connectivity index (χ1n) is 5.89. The number of rotatable bonds is 3. The third-order valence-corrected chi connectivity index (χ3v) is 2.56. The summed E-state index contributed by atoms with van der Waals surface area (Å²) in [6, 6.07) is 4.00. The Bertz CT molecular complexity index is 634. The van der Waals surface area contributed by atoms with E-state index in [-0.39, 0.29) is 23.8 Å². The third kappa shape index (κ3) is 3.57. The van der Waals surface area contributed by atoms with Gasteiger partial charge in [-0.25, -0.2) is 4.99 Å². The number of hydrogen-bond donors (Lipinski definition) is 0. The maximum absolute atomic E-state index is 12.5. The van der Waals surface area contributed by atoms with Crippen LogP contribution in [0.5, 0.6) is 5.75 Å². The smallest absolute Gasteiger partial charge is 0.475 e. The first-order valence-corrected chi connectivity index (χ1v) is 5.89. The standard InChI is InChI=1S/C12H11F3N4O2/c1-11(2)6-20-10(17-11)7-4-3-5-8(18-19-16)9(7)21-12(13,14)15/h3-5H,6H2,1-2H3. The number of alkyl halides is 3. The predicted octanol–water partition coefficient (Wildman–Crippen LogP) is 4.08. The van der Waals surface area contributed by atoms with Crippen LogP contribution in [-0.4, -0.2) is 24.4 Å². The molecule has 9 heteroatoms. The molecule has 112 valence electrons. The van der Waals surface area contributed by atoms with Gasteiger partial charge in [0, 0.05) is 4.91 Å². The highest BCUT2D eigenvalue weighted by Crippen LogP contribution is 2.37. The molecule has 0 atom stereocenters. The van der Waals surface area contributed by atoms with Crippen molar-refractivity contribution in [2.75, 3.05) is 6.61 Å². The zero-order valence-electron chi connectivity index (χ0n) is 11.2. The van der Waals surface area contributed by atoms with Crippen LogP contribution in [-0.2, 0) is 4.74 Å². The Morgan fingerprint density at radius 2 is 2.14 bits per heavy atom. The highest BCUT2D eigenvalue weighted by molar-refractivity contribution is 5.99. The van der Waals surface area contributed by atoms with Crippen LogP contribution >= 0.6 is 0 Å². The molecule has 1 heterocycles. The summed E-state index contributed by atoms with van der Waals surface area (Å²) in [6.45, 7) is 3.79. The molecule has 0 aromatic heterocycles. The summed E-state index contributed by atoms with van der Waals surface area (Å²) in [5.41, 5.74) is 7.60. The quantitative estimate of drug-likeness (QED) is 0.479. The molecule has 0 amide bonds. The van der Waals surface area contributed by atoms with Crippen LogP contribution in [0.1, 0.15) is 19.4 Å². The van der Waals surface area contributed by atoms with Gasteiger partial charge in [-0.05, 0) is 31.5 Å². The van der Waals surface area contributed by atoms with Crippen LogP contribution < -0.4 is 4.74 Å². The van der Waals surface area contributed by atoms with Gasteiger partial charge in [-0.3, -0.25) is 0 Å². The Kier molecular flexibility index (Phi) is 3.69. The number of benzene rings is 1. The van der Waals surface area contributed by atoms with Gasteiger partial charge in [-0.2, -0.15) is 0 Å². The van der Waals surface area contributed by atoms with Crippen LogP contribution in [0.25, 0.3) is 10.4 Å². The van der Waals surface area contributed by atoms with Gasteiger partial charge in [-0.15, -0.1) is 13.2 Å². The van der Waals surface area contributed by atoms with Gasteiger partial charge in [0.1, 0.15) is 6.61 Å². The highest BCUT2D eigenvalue weighted by Gasteiger charge is 2.35. The number of ether oxygens (including phenoxy) is 2. The Balaban J connectivity index is 2.55. The van der Waals surface area contributed by atoms with Crippen molar-refractivity contribution in [3.05, 3.63) is 34.2 Å². The van der Waals surface area contributed by atoms with E-state index in [9.17, 15) is 13.2 Å². The van der Waals surface area contributed by atoms with E-state index in [1.165, 1.54) is 18.2 Å². The van der Waals surface area contributed by atoms with Gasteiger partial charge in [0.05, 0.1) is 16.8 Å². The summed E-state index contributed by atoms with van der Waals surface area (Å²) in [7, 11) is 0. The normalized spacial score (nSPS) is 16.7. The number of nitrogens with zero attached hydrogens (tertiary/aromatic N) is 4. The molecule has 21 heavy (non-hydrogen) atoms. The van der Waals surface area contributed by atoms with E-state index in [0.29, 0.717) is 0 Å². The van der Waals surface area contributed by atoms with E-state index < -0.39 is 17.7 Å². The minimum Gasteiger partial charge on any atom is -0.475 e. The van der Waals surface area contributed by atoms with Gasteiger partial charge in [-0.1, -0.05) is 11.2 Å². The topological polar surface area (TPSA) is 79.6 Å². The molecule has 0 radical (unpaired) electrons. The first kappa shape index (κ1) is 15.0. The number of aliphatic imine (C=N–C) groups is 1. The molecular weight excluding hydrogens is 289 g/mol. The molecule has 1 aromatic carbocycles. The van der Waals surface area contributed by atoms with Crippen molar-refractivity contribution >= 4 is 11.6 Å². The molecule has 0 spiro atoms. The van der Waals surface area contributed by atoms with Gasteiger partial charge < -0.3 is 9.47 Å². The molecule has 0 N–H and O–H groups in total. The Morgan fingerprint density at radius 1 is 1.43 bits per heavy atom. The molecule has 0 saturated carbocycles. The predicted molar refractivity (Wildman–Crippen MR) is 68.5 cm³/mol. The van der Waals surface area contributed by atoms with Gasteiger partial charge in [0.25, 0.3) is 0 Å². The molecule has 0 fully saturated rings. The molecule has 1 aliphatic heterocycles. The van der Waals surface area contributed by atoms with E-state index >= 15 is 0 Å². The van der Waals surface area contributed by atoms with Crippen LogP contribution in [0, 0.1) is 0 Å². The van der Waals surface area contributed by atoms with Crippen LogP contribution in [0.3, 0.4) is 0 Å². The summed E-state index contributed by atoms with van der Waals surface area (Å²) in [4.78, 5) is 6.68. The largest absolute Gasteiger partial charge is 0.573 e. The van der Waals surface area contributed by atoms with Crippen molar-refractivity contribution < 1.29 is 22.6 Å². The van der Waals surface area contributed by atoms with Crippen molar-refractivity contribution in [1.29, 1.82) is 0 Å². The zero-order valence-corrected chi connectivity index (χ0v) is 11.2. The highest BCUT2D eigenvalue weighted by atomic mass is 19.4. The number of azide groups is 1. The minimum absolute atomic E-state index is 0.0113. The molecule has 0 saturated heterocycles. The summed E-state index contributed by atoms with van der Waals surface area (Å²) in [5.74, 6) is -0.603. The van der Waals surface area contributed by atoms with Crippen LogP contribution in [0.2, 0.25) is 0 Å². The summed E-state index contributed by atoms with van der Waals surface area (Å²) in [5, 5.41) is 3.20. The second-order valence-electron chi connectivity index (χ2n) is 4.91. The van der Waals surface area contributed by atoms with E-state index in [0.717, 1.165) is 0 Å². The number of halogens is 3. The SMILES string of the molecule is CC1(C)COC(c2cccc(N=[N+]=[N-])c2OC(F)(F)F)=N1. The van der Waals surface area contributed by atoms with Crippen molar-refractivity contribution in [2.24, 2.45) is 10.1 Å². The Hall–Kier alpha value is -2.41. The van der Waals surface area contributed by atoms with Crippen molar-refractivity contribution in [3.63, 3.8) is 0 Å². The molecule has 1 aliphatic rings. The fraction of sp³-hybridized carbons (Fsp3) is 0.417. The summed E-state index contributed by atoms with van der Waals surface area (Å²) in [6.07, 6.45) is -4.93. The maximum Gasteiger partial charge on any atom is 0.573 e. The van der Waals surface area contributed by atoms with E-state index in [1.807, 2.05) is 0 Å². The fourth-order valence-corrected chi connectivity index (χ4v) is 1.77. The minimum atomic E-state index is -4.93. The second kappa shape index (κ2) is 5.17. The molecule has 2 rings (SSSR count). The number of hydrogen-bond acceptors (Lipinski definition) is 4. The zero-order chi connectivity index (χ0) is 15.7. The van der Waals surface area contributed by atoms with Crippen molar-refractivity contribution in [3.8, 4) is 5.75 Å². The van der Waals surface area contributed by atoms with Crippen LogP contribution in [0.15, 0.2) is 28.3 Å². The third-order valence-electron chi connectivity index (χ3n) is 2.56. The van der Waals surface area contributed by atoms with Gasteiger partial charge in [0.2, 0.25) is 5.90 Å². The van der Waals surface area contributed by atoms with Crippen LogP contribution in [0.4, 0.5) is 18.9 Å². The molecule has 0 unspecified atom stereocenters. The lowest BCUT2D eigenvalue weighted by molar-refractivity contribution is -0.274. The van der Waals surface area contributed by atoms with E-state index in [1.54, 1.807) is 13.8 Å². The Labute approximate surface area is 117 Å². The lowest BCUT2D eigenvalue weighted by Gasteiger charge is -2.14. The molecular formula is C12H11F3N4O2. The van der Waals surface area contributed by atoms with Gasteiger partial charge in [0.15, 0.2) is 5.75 Å². The molecule has 0 bridgehead atoms. The summed E-state index contributed by atoms with van der Waals surface area (Å²) >= 11 is 0. The average Bonchev–Trinajstić information content (AvgIpc) is 2.70. The first-order chi connectivity index (χ1) is 9.72. The Morgan fingerprint density at radius 3 is 2.67 bits per heavy atom. The number of para-hydroxylation sites is 1. The van der Waals surface area contributed by atoms with Crippen molar-refractivity contribution in [1.82, 2.24) is 0 Å². The lowest BCUT2D eigenvalue weighted by Crippen LogP contribution is -2.19. The average molecular weight is 300 g/mol. The lowest BCUT2D eigenvalue weighted by atomic mass is 10.1. The molecule has 6 nitrogen and oxygen atoms in total.